The Kier molecular flexibility index (Phi) is 5.12. The minimum absolute atomic E-state index is 0.208. The first kappa shape index (κ1) is 19.1. The standard InChI is InChI=1S/C23H25FN4O2/c1-29-18-4-5-21-22(14-18)28(26-25-21)10-2-9-27-11-7-16(8-12-27)20-15-30-23-6-3-17(24)13-19(20)23/h3-6,13-16H,2,7-12H2,1H3. The first-order valence-corrected chi connectivity index (χ1v) is 10.5. The largest absolute Gasteiger partial charge is 0.497 e. The first-order chi connectivity index (χ1) is 14.7. The van der Waals surface area contributed by atoms with Crippen molar-refractivity contribution in [3.63, 3.8) is 0 Å². The van der Waals surface area contributed by atoms with Crippen LogP contribution >= 0.6 is 0 Å². The van der Waals surface area contributed by atoms with Crippen molar-refractivity contribution in [1.29, 1.82) is 0 Å². The van der Waals surface area contributed by atoms with Crippen LogP contribution in [-0.2, 0) is 6.54 Å². The van der Waals surface area contributed by atoms with Crippen LogP contribution in [0.4, 0.5) is 4.39 Å². The molecular weight excluding hydrogens is 383 g/mol. The van der Waals surface area contributed by atoms with Gasteiger partial charge in [-0.25, -0.2) is 9.07 Å². The van der Waals surface area contributed by atoms with Gasteiger partial charge in [0.05, 0.1) is 18.9 Å². The summed E-state index contributed by atoms with van der Waals surface area (Å²) in [6, 6.07) is 10.6. The molecule has 0 atom stereocenters. The molecule has 7 heteroatoms. The predicted octanol–water partition coefficient (Wildman–Crippen LogP) is 4.59. The summed E-state index contributed by atoms with van der Waals surface area (Å²) in [5.74, 6) is 1.04. The van der Waals surface area contributed by atoms with E-state index in [2.05, 4.69) is 15.2 Å². The Hall–Kier alpha value is -2.93. The molecule has 0 N–H and O–H groups in total. The van der Waals surface area contributed by atoms with Gasteiger partial charge in [0.1, 0.15) is 22.7 Å². The number of methoxy groups -OCH3 is 1. The minimum atomic E-state index is -0.208. The Labute approximate surface area is 174 Å². The molecule has 0 unspecified atom stereocenters. The van der Waals surface area contributed by atoms with E-state index < -0.39 is 0 Å². The maximum Gasteiger partial charge on any atom is 0.134 e. The molecule has 30 heavy (non-hydrogen) atoms. The second kappa shape index (κ2) is 8.07. The predicted molar refractivity (Wildman–Crippen MR) is 113 cm³/mol. The maximum absolute atomic E-state index is 13.7. The molecule has 0 aliphatic carbocycles. The molecule has 0 bridgehead atoms. The van der Waals surface area contributed by atoms with E-state index in [4.69, 9.17) is 9.15 Å². The quantitative estimate of drug-likeness (QED) is 0.467. The van der Waals surface area contributed by atoms with Crippen LogP contribution in [0, 0.1) is 5.82 Å². The van der Waals surface area contributed by atoms with Gasteiger partial charge in [-0.05, 0) is 75.1 Å². The van der Waals surface area contributed by atoms with Gasteiger partial charge in [-0.2, -0.15) is 0 Å². The zero-order chi connectivity index (χ0) is 20.5. The fraction of sp³-hybridized carbons (Fsp3) is 0.391. The summed E-state index contributed by atoms with van der Waals surface area (Å²) in [5.41, 5.74) is 3.81. The number of furan rings is 1. The van der Waals surface area contributed by atoms with E-state index >= 15 is 0 Å². The fourth-order valence-electron chi connectivity index (χ4n) is 4.49. The van der Waals surface area contributed by atoms with Gasteiger partial charge < -0.3 is 14.1 Å². The summed E-state index contributed by atoms with van der Waals surface area (Å²) >= 11 is 0. The number of benzene rings is 2. The van der Waals surface area contributed by atoms with Crippen LogP contribution in [0.25, 0.3) is 22.0 Å². The summed E-state index contributed by atoms with van der Waals surface area (Å²) in [5, 5.41) is 9.44. The lowest BCUT2D eigenvalue weighted by Crippen LogP contribution is -2.34. The third-order valence-corrected chi connectivity index (χ3v) is 6.16. The third kappa shape index (κ3) is 3.65. The van der Waals surface area contributed by atoms with E-state index in [1.807, 2.05) is 29.1 Å². The first-order valence-electron chi connectivity index (χ1n) is 10.5. The molecule has 1 saturated heterocycles. The topological polar surface area (TPSA) is 56.3 Å². The van der Waals surface area contributed by atoms with E-state index in [0.717, 1.165) is 78.8 Å². The zero-order valence-electron chi connectivity index (χ0n) is 17.1. The smallest absolute Gasteiger partial charge is 0.134 e. The van der Waals surface area contributed by atoms with E-state index in [-0.39, 0.29) is 5.82 Å². The number of halogens is 1. The van der Waals surface area contributed by atoms with Crippen LogP contribution in [0.3, 0.4) is 0 Å². The molecule has 1 fully saturated rings. The number of aryl methyl sites for hydroxylation is 1. The lowest BCUT2D eigenvalue weighted by molar-refractivity contribution is 0.206. The van der Waals surface area contributed by atoms with Crippen LogP contribution in [-0.4, -0.2) is 46.6 Å². The van der Waals surface area contributed by atoms with Crippen molar-refractivity contribution < 1.29 is 13.5 Å². The van der Waals surface area contributed by atoms with Crippen LogP contribution < -0.4 is 4.74 Å². The van der Waals surface area contributed by atoms with Crippen molar-refractivity contribution in [1.82, 2.24) is 19.9 Å². The molecule has 156 valence electrons. The SMILES string of the molecule is COc1ccc2nnn(CCCN3CCC(c4coc5ccc(F)cc45)CC3)c2c1. The highest BCUT2D eigenvalue weighted by Crippen LogP contribution is 2.34. The maximum atomic E-state index is 13.7. The van der Waals surface area contributed by atoms with Crippen molar-refractivity contribution in [2.24, 2.45) is 0 Å². The average Bonchev–Trinajstić information content (AvgIpc) is 3.37. The Morgan fingerprint density at radius 3 is 2.83 bits per heavy atom. The summed E-state index contributed by atoms with van der Waals surface area (Å²) in [7, 11) is 1.67. The highest BCUT2D eigenvalue weighted by Gasteiger charge is 2.23. The Bertz CT molecular complexity index is 1160. The van der Waals surface area contributed by atoms with Gasteiger partial charge in [-0.3, -0.25) is 0 Å². The van der Waals surface area contributed by atoms with Crippen LogP contribution in [0.15, 0.2) is 47.1 Å². The van der Waals surface area contributed by atoms with E-state index in [1.54, 1.807) is 19.2 Å². The molecule has 3 heterocycles. The molecule has 2 aromatic heterocycles. The van der Waals surface area contributed by atoms with Crippen molar-refractivity contribution in [3.8, 4) is 5.75 Å². The number of hydrogen-bond donors (Lipinski definition) is 0. The summed E-state index contributed by atoms with van der Waals surface area (Å²) in [6.07, 6.45) is 4.96. The fourth-order valence-corrected chi connectivity index (χ4v) is 4.49. The van der Waals surface area contributed by atoms with E-state index in [1.165, 1.54) is 6.07 Å². The molecule has 2 aromatic carbocycles. The molecule has 0 amide bonds. The average molecular weight is 408 g/mol. The van der Waals surface area contributed by atoms with Gasteiger partial charge in [-0.15, -0.1) is 5.10 Å². The normalized spacial score (nSPS) is 15.9. The Balaban J connectivity index is 1.16. The van der Waals surface area contributed by atoms with Gasteiger partial charge >= 0.3 is 0 Å². The summed E-state index contributed by atoms with van der Waals surface area (Å²) in [6.45, 7) is 3.94. The van der Waals surface area contributed by atoms with Gasteiger partial charge in [0.2, 0.25) is 0 Å². The molecule has 0 saturated carbocycles. The lowest BCUT2D eigenvalue weighted by atomic mass is 9.89. The van der Waals surface area contributed by atoms with Crippen molar-refractivity contribution in [3.05, 3.63) is 54.0 Å². The van der Waals surface area contributed by atoms with E-state index in [0.29, 0.717) is 5.92 Å². The van der Waals surface area contributed by atoms with Gasteiger partial charge in [-0.1, -0.05) is 5.21 Å². The molecule has 0 spiro atoms. The minimum Gasteiger partial charge on any atom is -0.497 e. The zero-order valence-corrected chi connectivity index (χ0v) is 17.1. The highest BCUT2D eigenvalue weighted by atomic mass is 19.1. The van der Waals surface area contributed by atoms with Crippen LogP contribution in [0.2, 0.25) is 0 Å². The van der Waals surface area contributed by atoms with Gasteiger partial charge in [0.25, 0.3) is 0 Å². The number of nitrogens with zero attached hydrogens (tertiary/aromatic N) is 4. The molecule has 4 aromatic rings. The molecular formula is C23H25FN4O2. The molecule has 0 radical (unpaired) electrons. The second-order valence-electron chi connectivity index (χ2n) is 7.97. The summed E-state index contributed by atoms with van der Waals surface area (Å²) in [4.78, 5) is 2.50. The third-order valence-electron chi connectivity index (χ3n) is 6.16. The molecule has 1 aliphatic heterocycles. The van der Waals surface area contributed by atoms with Crippen molar-refractivity contribution >= 4 is 22.0 Å². The highest BCUT2D eigenvalue weighted by molar-refractivity contribution is 5.81. The number of hydrogen-bond acceptors (Lipinski definition) is 5. The number of aromatic nitrogens is 3. The Morgan fingerprint density at radius 1 is 1.13 bits per heavy atom. The Morgan fingerprint density at radius 2 is 2.00 bits per heavy atom. The number of likely N-dealkylation sites (tertiary alicyclic amines) is 1. The summed E-state index contributed by atoms with van der Waals surface area (Å²) < 4.78 is 26.6. The monoisotopic (exact) mass is 408 g/mol. The number of fused-ring (bicyclic) bond motifs is 2. The van der Waals surface area contributed by atoms with Crippen molar-refractivity contribution in [2.75, 3.05) is 26.7 Å². The van der Waals surface area contributed by atoms with Gasteiger partial charge in [0, 0.05) is 23.6 Å². The number of rotatable bonds is 6. The van der Waals surface area contributed by atoms with Crippen LogP contribution in [0.1, 0.15) is 30.7 Å². The number of piperidine rings is 1. The molecule has 5 rings (SSSR count). The molecule has 1 aliphatic rings. The second-order valence-corrected chi connectivity index (χ2v) is 7.97. The van der Waals surface area contributed by atoms with Crippen molar-refractivity contribution in [2.45, 2.75) is 31.7 Å². The molecule has 6 nitrogen and oxygen atoms in total. The van der Waals surface area contributed by atoms with Gasteiger partial charge in [0.15, 0.2) is 0 Å². The van der Waals surface area contributed by atoms with Crippen LogP contribution in [0.5, 0.6) is 5.75 Å². The lowest BCUT2D eigenvalue weighted by Gasteiger charge is -2.31. The van der Waals surface area contributed by atoms with E-state index in [9.17, 15) is 4.39 Å². The number of ether oxygens (including phenoxy) is 1.